The van der Waals surface area contributed by atoms with E-state index in [4.69, 9.17) is 16.0 Å². The highest BCUT2D eigenvalue weighted by Gasteiger charge is 2.19. The lowest BCUT2D eigenvalue weighted by molar-refractivity contribution is -0.384. The number of nitro groups is 1. The molecule has 7 heteroatoms. The molecule has 20 heavy (non-hydrogen) atoms. The molecule has 0 radical (unpaired) electrons. The van der Waals surface area contributed by atoms with E-state index in [1.54, 1.807) is 19.9 Å². The number of anilines is 1. The number of hydrogen-bond donors (Lipinski definition) is 1. The van der Waals surface area contributed by atoms with Crippen LogP contribution in [-0.4, -0.2) is 10.8 Å². The lowest BCUT2D eigenvalue weighted by Crippen LogP contribution is -2.12. The van der Waals surface area contributed by atoms with Crippen molar-refractivity contribution in [1.29, 1.82) is 0 Å². The van der Waals surface area contributed by atoms with Gasteiger partial charge in [-0.1, -0.05) is 0 Å². The van der Waals surface area contributed by atoms with Gasteiger partial charge in [-0.05, 0) is 54.8 Å². The zero-order valence-corrected chi connectivity index (χ0v) is 11.5. The summed E-state index contributed by atoms with van der Waals surface area (Å²) in [5.74, 6) is -0.606. The average molecular weight is 295 g/mol. The number of nitro benzene ring substituents is 1. The van der Waals surface area contributed by atoms with Crippen molar-refractivity contribution in [3.8, 4) is 0 Å². The van der Waals surface area contributed by atoms with Crippen molar-refractivity contribution in [2.75, 3.05) is 5.32 Å². The van der Waals surface area contributed by atoms with Gasteiger partial charge in [0, 0.05) is 6.07 Å². The quantitative estimate of drug-likeness (QED) is 0.690. The van der Waals surface area contributed by atoms with Crippen LogP contribution in [0.5, 0.6) is 0 Å². The molecule has 104 valence electrons. The van der Waals surface area contributed by atoms with Gasteiger partial charge in [-0.3, -0.25) is 14.9 Å². The van der Waals surface area contributed by atoms with Crippen LogP contribution in [0.4, 0.5) is 11.4 Å². The Morgan fingerprint density at radius 2 is 1.95 bits per heavy atom. The second-order valence-electron chi connectivity index (χ2n) is 4.27. The molecular weight excluding hydrogens is 284 g/mol. The Bertz CT molecular complexity index is 694. The van der Waals surface area contributed by atoms with Crippen LogP contribution >= 0.6 is 11.6 Å². The van der Waals surface area contributed by atoms with Crippen LogP contribution in [0.15, 0.2) is 28.7 Å². The number of carbonyl (C=O) groups excluding carboxylic acids is 1. The number of furan rings is 1. The molecule has 0 aliphatic carbocycles. The highest BCUT2D eigenvalue weighted by molar-refractivity contribution is 6.29. The molecule has 0 saturated heterocycles. The van der Waals surface area contributed by atoms with Crippen LogP contribution in [0.25, 0.3) is 0 Å². The fourth-order valence-corrected chi connectivity index (χ4v) is 1.82. The molecule has 1 heterocycles. The number of nitrogens with one attached hydrogen (secondary N) is 1. The van der Waals surface area contributed by atoms with E-state index in [1.807, 2.05) is 0 Å². The molecule has 0 aliphatic rings. The highest BCUT2D eigenvalue weighted by Crippen LogP contribution is 2.28. The van der Waals surface area contributed by atoms with Crippen molar-refractivity contribution in [3.05, 3.63) is 56.5 Å². The summed E-state index contributed by atoms with van der Waals surface area (Å²) in [6.45, 7) is 3.57. The van der Waals surface area contributed by atoms with Gasteiger partial charge in [0.15, 0.2) is 11.0 Å². The SMILES string of the molecule is Cc1cc(NC(=O)c2ccc(Cl)o2)c([N+](=O)[O-])cc1C. The molecule has 6 nitrogen and oxygen atoms in total. The Labute approximate surface area is 119 Å². The lowest BCUT2D eigenvalue weighted by Gasteiger charge is -2.07. The fraction of sp³-hybridized carbons (Fsp3) is 0.154. The van der Waals surface area contributed by atoms with Gasteiger partial charge < -0.3 is 9.73 Å². The molecule has 0 saturated carbocycles. The van der Waals surface area contributed by atoms with Gasteiger partial charge in [-0.15, -0.1) is 0 Å². The Hall–Kier alpha value is -2.34. The van der Waals surface area contributed by atoms with E-state index in [0.717, 1.165) is 11.1 Å². The first kappa shape index (κ1) is 14.1. The van der Waals surface area contributed by atoms with Crippen LogP contribution in [0.1, 0.15) is 21.7 Å². The second kappa shape index (κ2) is 5.34. The Kier molecular flexibility index (Phi) is 3.76. The van der Waals surface area contributed by atoms with Crippen molar-refractivity contribution in [3.63, 3.8) is 0 Å². The maximum absolute atomic E-state index is 11.9. The van der Waals surface area contributed by atoms with Gasteiger partial charge in [0.1, 0.15) is 5.69 Å². The monoisotopic (exact) mass is 294 g/mol. The molecule has 0 atom stereocenters. The number of rotatable bonds is 3. The van der Waals surface area contributed by atoms with E-state index in [2.05, 4.69) is 5.32 Å². The van der Waals surface area contributed by atoms with E-state index >= 15 is 0 Å². The Morgan fingerprint density at radius 1 is 1.30 bits per heavy atom. The summed E-state index contributed by atoms with van der Waals surface area (Å²) in [6.07, 6.45) is 0. The molecule has 2 aromatic rings. The van der Waals surface area contributed by atoms with E-state index in [-0.39, 0.29) is 22.4 Å². The largest absolute Gasteiger partial charge is 0.440 e. The summed E-state index contributed by atoms with van der Waals surface area (Å²) in [5.41, 5.74) is 1.56. The summed E-state index contributed by atoms with van der Waals surface area (Å²) >= 11 is 5.58. The number of hydrogen-bond acceptors (Lipinski definition) is 4. The summed E-state index contributed by atoms with van der Waals surface area (Å²) in [4.78, 5) is 22.4. The molecule has 0 unspecified atom stereocenters. The normalized spacial score (nSPS) is 10.3. The number of benzene rings is 1. The third-order valence-electron chi connectivity index (χ3n) is 2.85. The topological polar surface area (TPSA) is 85.4 Å². The van der Waals surface area contributed by atoms with Gasteiger partial charge >= 0.3 is 0 Å². The van der Waals surface area contributed by atoms with Gasteiger partial charge in [0.05, 0.1) is 4.92 Å². The zero-order chi connectivity index (χ0) is 14.9. The predicted molar refractivity (Wildman–Crippen MR) is 74.2 cm³/mol. The first-order valence-electron chi connectivity index (χ1n) is 5.71. The smallest absolute Gasteiger partial charge is 0.293 e. The van der Waals surface area contributed by atoms with Crippen molar-refractivity contribution in [2.45, 2.75) is 13.8 Å². The minimum absolute atomic E-state index is 0.0115. The highest BCUT2D eigenvalue weighted by atomic mass is 35.5. The van der Waals surface area contributed by atoms with Crippen molar-refractivity contribution in [2.24, 2.45) is 0 Å². The fourth-order valence-electron chi connectivity index (χ4n) is 1.67. The molecule has 2 rings (SSSR count). The number of nitrogens with zero attached hydrogens (tertiary/aromatic N) is 1. The average Bonchev–Trinajstić information content (AvgIpc) is 2.80. The van der Waals surface area contributed by atoms with Gasteiger partial charge in [-0.2, -0.15) is 0 Å². The summed E-state index contributed by atoms with van der Waals surface area (Å²) in [6, 6.07) is 5.78. The van der Waals surface area contributed by atoms with E-state index in [1.165, 1.54) is 18.2 Å². The molecule has 1 aromatic heterocycles. The van der Waals surface area contributed by atoms with E-state index in [9.17, 15) is 14.9 Å². The number of amides is 1. The molecule has 0 spiro atoms. The zero-order valence-electron chi connectivity index (χ0n) is 10.8. The molecule has 0 bridgehead atoms. The van der Waals surface area contributed by atoms with Crippen molar-refractivity contribution < 1.29 is 14.1 Å². The standard InChI is InChI=1S/C13H11ClN2O4/c1-7-5-9(10(16(18)19)6-8(7)2)15-13(17)11-3-4-12(14)20-11/h3-6H,1-2H3,(H,15,17). The predicted octanol–water partition coefficient (Wildman–Crippen LogP) is 3.71. The molecular formula is C13H11ClN2O4. The van der Waals surface area contributed by atoms with Gasteiger partial charge in [0.25, 0.3) is 11.6 Å². The Balaban J connectivity index is 2.35. The minimum atomic E-state index is -0.594. The maximum atomic E-state index is 11.9. The lowest BCUT2D eigenvalue weighted by atomic mass is 10.1. The minimum Gasteiger partial charge on any atom is -0.440 e. The van der Waals surface area contributed by atoms with E-state index < -0.39 is 10.8 Å². The number of aryl methyl sites for hydroxylation is 2. The molecule has 1 aromatic carbocycles. The van der Waals surface area contributed by atoms with Crippen LogP contribution in [0.2, 0.25) is 5.22 Å². The van der Waals surface area contributed by atoms with Crippen LogP contribution in [0, 0.1) is 24.0 Å². The maximum Gasteiger partial charge on any atom is 0.293 e. The first-order chi connectivity index (χ1) is 9.38. The van der Waals surface area contributed by atoms with Crippen molar-refractivity contribution >= 4 is 28.9 Å². The van der Waals surface area contributed by atoms with Crippen molar-refractivity contribution in [1.82, 2.24) is 0 Å². The van der Waals surface area contributed by atoms with Gasteiger partial charge in [-0.25, -0.2) is 0 Å². The van der Waals surface area contributed by atoms with Crippen LogP contribution in [-0.2, 0) is 0 Å². The Morgan fingerprint density at radius 3 is 2.50 bits per heavy atom. The number of carbonyl (C=O) groups is 1. The third kappa shape index (κ3) is 2.80. The van der Waals surface area contributed by atoms with Crippen LogP contribution in [0.3, 0.4) is 0 Å². The van der Waals surface area contributed by atoms with Gasteiger partial charge in [0.2, 0.25) is 0 Å². The third-order valence-corrected chi connectivity index (χ3v) is 3.06. The molecule has 0 fully saturated rings. The summed E-state index contributed by atoms with van der Waals surface area (Å²) < 4.78 is 4.96. The molecule has 1 N–H and O–H groups in total. The molecule has 0 aliphatic heterocycles. The number of halogens is 1. The summed E-state index contributed by atoms with van der Waals surface area (Å²) in [5, 5.41) is 13.5. The molecule has 1 amide bonds. The second-order valence-corrected chi connectivity index (χ2v) is 4.64. The summed E-state index contributed by atoms with van der Waals surface area (Å²) in [7, 11) is 0. The van der Waals surface area contributed by atoms with Crippen LogP contribution < -0.4 is 5.32 Å². The van der Waals surface area contributed by atoms with E-state index in [0.29, 0.717) is 0 Å². The first-order valence-corrected chi connectivity index (χ1v) is 6.08.